The summed E-state index contributed by atoms with van der Waals surface area (Å²) in [5.74, 6) is 0.688. The van der Waals surface area contributed by atoms with Crippen molar-refractivity contribution in [1.82, 2.24) is 15.0 Å². The highest BCUT2D eigenvalue weighted by molar-refractivity contribution is 7.19. The zero-order chi connectivity index (χ0) is 20.9. The molecule has 0 bridgehead atoms. The molecule has 1 aromatic heterocycles. The van der Waals surface area contributed by atoms with Gasteiger partial charge in [-0.25, -0.2) is 15.0 Å². The maximum absolute atomic E-state index is 4.30. The topological polar surface area (TPSA) is 38.7 Å². The van der Waals surface area contributed by atoms with Crippen molar-refractivity contribution in [3.05, 3.63) is 128 Å². The molecule has 1 heterocycles. The lowest BCUT2D eigenvalue weighted by atomic mass is 10.2. The quantitative estimate of drug-likeness (QED) is 0.327. The fourth-order valence-corrected chi connectivity index (χ4v) is 9.07. The zero-order valence-corrected chi connectivity index (χ0v) is 18.0. The maximum atomic E-state index is 4.30. The van der Waals surface area contributed by atoms with E-state index in [2.05, 4.69) is 130 Å². The van der Waals surface area contributed by atoms with Crippen molar-refractivity contribution in [2.75, 3.05) is 0 Å². The molecule has 31 heavy (non-hydrogen) atoms. The van der Waals surface area contributed by atoms with Crippen LogP contribution in [0.5, 0.6) is 0 Å². The highest BCUT2D eigenvalue weighted by Gasteiger charge is 2.41. The lowest BCUT2D eigenvalue weighted by Crippen LogP contribution is -2.74. The molecule has 0 saturated heterocycles. The Labute approximate surface area is 183 Å². The van der Waals surface area contributed by atoms with Gasteiger partial charge in [0, 0.05) is 5.56 Å². The molecule has 148 valence electrons. The first-order valence-corrected chi connectivity index (χ1v) is 12.3. The lowest BCUT2D eigenvalue weighted by molar-refractivity contribution is 1.06. The average Bonchev–Trinajstić information content (AvgIpc) is 2.88. The van der Waals surface area contributed by atoms with Crippen molar-refractivity contribution in [2.45, 2.75) is 0 Å². The molecular weight excluding hydrogens is 394 g/mol. The summed E-state index contributed by atoms with van der Waals surface area (Å²) in [6.45, 7) is 0. The van der Waals surface area contributed by atoms with Crippen molar-refractivity contribution in [3.63, 3.8) is 0 Å². The van der Waals surface area contributed by atoms with Gasteiger partial charge in [0.1, 0.15) is 12.7 Å². The number of hydrogen-bond acceptors (Lipinski definition) is 3. The Morgan fingerprint density at radius 1 is 0.419 bits per heavy atom. The highest BCUT2D eigenvalue weighted by Crippen LogP contribution is 2.15. The molecule has 5 aromatic rings. The van der Waals surface area contributed by atoms with Crippen molar-refractivity contribution < 1.29 is 0 Å². The normalized spacial score (nSPS) is 11.2. The third-order valence-corrected chi connectivity index (χ3v) is 10.5. The summed E-state index contributed by atoms with van der Waals surface area (Å²) in [7, 11) is -2.48. The second-order valence-corrected chi connectivity index (χ2v) is 11.2. The predicted octanol–water partition coefficient (Wildman–Crippen LogP) is 2.92. The minimum absolute atomic E-state index is 0.688. The van der Waals surface area contributed by atoms with E-state index in [1.54, 1.807) is 0 Å². The molecule has 0 unspecified atom stereocenters. The number of benzene rings is 4. The summed E-state index contributed by atoms with van der Waals surface area (Å²) in [5.41, 5.74) is 0.989. The molecule has 0 spiro atoms. The van der Waals surface area contributed by atoms with Crippen LogP contribution in [0.25, 0.3) is 11.4 Å². The Kier molecular flexibility index (Phi) is 5.21. The largest absolute Gasteiger partial charge is 0.225 e. The van der Waals surface area contributed by atoms with E-state index in [1.165, 1.54) is 33.4 Å². The van der Waals surface area contributed by atoms with E-state index in [0.717, 1.165) is 5.56 Å². The van der Waals surface area contributed by atoms with Crippen molar-refractivity contribution in [2.24, 2.45) is 0 Å². The molecule has 4 aromatic carbocycles. The van der Waals surface area contributed by atoms with E-state index < -0.39 is 8.07 Å². The third kappa shape index (κ3) is 3.47. The number of nitrogens with zero attached hydrogens (tertiary/aromatic N) is 3. The second kappa shape index (κ2) is 8.46. The van der Waals surface area contributed by atoms with Crippen molar-refractivity contribution >= 4 is 28.8 Å². The number of aromatic nitrogens is 3. The molecule has 0 radical (unpaired) electrons. The molecule has 0 fully saturated rings. The first kappa shape index (κ1) is 19.1. The summed E-state index contributed by atoms with van der Waals surface area (Å²) in [6.07, 6.45) is 3.07. The SMILES string of the molecule is c1ccc([Si](c2ccccc2)(c2ccccc2)c2ccc(-c3ncncn3)cc2)cc1. The van der Waals surface area contributed by atoms with Crippen LogP contribution in [0, 0.1) is 0 Å². The Balaban J connectivity index is 1.78. The first-order chi connectivity index (χ1) is 15.4. The van der Waals surface area contributed by atoms with Crippen LogP contribution in [0.15, 0.2) is 128 Å². The second-order valence-electron chi connectivity index (χ2n) is 7.39. The van der Waals surface area contributed by atoms with Crippen LogP contribution < -0.4 is 20.7 Å². The van der Waals surface area contributed by atoms with Gasteiger partial charge in [0.15, 0.2) is 13.9 Å². The molecular formula is C27H21N3Si. The fraction of sp³-hybridized carbons (Fsp3) is 0. The van der Waals surface area contributed by atoms with Crippen LogP contribution in [0.2, 0.25) is 0 Å². The van der Waals surface area contributed by atoms with Gasteiger partial charge < -0.3 is 0 Å². The minimum Gasteiger partial charge on any atom is -0.225 e. The summed E-state index contributed by atoms with van der Waals surface area (Å²) in [5, 5.41) is 5.41. The van der Waals surface area contributed by atoms with Gasteiger partial charge in [0.2, 0.25) is 0 Å². The standard InChI is InChI=1S/C27H21N3Si/c1-4-10-23(11-5-1)31(24-12-6-2-7-13-24,25-14-8-3-9-15-25)26-18-16-22(17-19-26)27-29-20-28-21-30-27/h1-21H. The molecule has 3 nitrogen and oxygen atoms in total. The Morgan fingerprint density at radius 3 is 1.23 bits per heavy atom. The van der Waals surface area contributed by atoms with Gasteiger partial charge in [-0.15, -0.1) is 0 Å². The lowest BCUT2D eigenvalue weighted by Gasteiger charge is -2.34. The predicted molar refractivity (Wildman–Crippen MR) is 129 cm³/mol. The van der Waals surface area contributed by atoms with Crippen LogP contribution in [-0.2, 0) is 0 Å². The fourth-order valence-electron chi connectivity index (χ4n) is 4.32. The summed E-state index contributed by atoms with van der Waals surface area (Å²) in [4.78, 5) is 12.5. The summed E-state index contributed by atoms with van der Waals surface area (Å²) < 4.78 is 0. The van der Waals surface area contributed by atoms with Crippen LogP contribution in [0.4, 0.5) is 0 Å². The van der Waals surface area contributed by atoms with Gasteiger partial charge >= 0.3 is 0 Å². The Hall–Kier alpha value is -3.89. The van der Waals surface area contributed by atoms with E-state index in [0.29, 0.717) is 5.82 Å². The Morgan fingerprint density at radius 2 is 0.806 bits per heavy atom. The van der Waals surface area contributed by atoms with E-state index >= 15 is 0 Å². The van der Waals surface area contributed by atoms with Crippen LogP contribution in [0.3, 0.4) is 0 Å². The number of hydrogen-bond donors (Lipinski definition) is 0. The van der Waals surface area contributed by atoms with E-state index in [4.69, 9.17) is 0 Å². The maximum Gasteiger partial charge on any atom is 0.179 e. The van der Waals surface area contributed by atoms with Gasteiger partial charge in [-0.3, -0.25) is 0 Å². The van der Waals surface area contributed by atoms with E-state index in [9.17, 15) is 0 Å². The van der Waals surface area contributed by atoms with E-state index in [-0.39, 0.29) is 0 Å². The molecule has 4 heteroatoms. The first-order valence-electron chi connectivity index (χ1n) is 10.3. The van der Waals surface area contributed by atoms with Gasteiger partial charge in [0.25, 0.3) is 0 Å². The van der Waals surface area contributed by atoms with Gasteiger partial charge in [-0.1, -0.05) is 115 Å². The van der Waals surface area contributed by atoms with Crippen molar-refractivity contribution in [1.29, 1.82) is 0 Å². The van der Waals surface area contributed by atoms with Crippen molar-refractivity contribution in [3.8, 4) is 11.4 Å². The smallest absolute Gasteiger partial charge is 0.179 e. The third-order valence-electron chi connectivity index (χ3n) is 5.69. The molecule has 0 N–H and O–H groups in total. The Bertz CT molecular complexity index is 1150. The summed E-state index contributed by atoms with van der Waals surface area (Å²) in [6, 6.07) is 41.5. The van der Waals surface area contributed by atoms with Gasteiger partial charge in [-0.2, -0.15) is 0 Å². The average molecular weight is 416 g/mol. The van der Waals surface area contributed by atoms with Gasteiger partial charge in [0.05, 0.1) is 0 Å². The van der Waals surface area contributed by atoms with Gasteiger partial charge in [-0.05, 0) is 20.7 Å². The molecule has 0 aliphatic carbocycles. The molecule has 0 aliphatic heterocycles. The molecule has 0 aliphatic rings. The van der Waals surface area contributed by atoms with Crippen LogP contribution in [0.1, 0.15) is 0 Å². The zero-order valence-electron chi connectivity index (χ0n) is 17.0. The highest BCUT2D eigenvalue weighted by atomic mass is 28.3. The van der Waals surface area contributed by atoms with Crippen LogP contribution in [-0.4, -0.2) is 23.0 Å². The summed E-state index contributed by atoms with van der Waals surface area (Å²) >= 11 is 0. The monoisotopic (exact) mass is 415 g/mol. The molecule has 0 atom stereocenters. The molecule has 0 amide bonds. The molecule has 5 rings (SSSR count). The molecule has 0 saturated carbocycles. The minimum atomic E-state index is -2.48. The number of rotatable bonds is 5. The van der Waals surface area contributed by atoms with Crippen LogP contribution >= 0.6 is 0 Å². The van der Waals surface area contributed by atoms with E-state index in [1.807, 2.05) is 0 Å².